The fraction of sp³-hybridized carbons (Fsp3) is 0.316. The SMILES string of the molecule is CCN(CC)C(=O)C1=C(C)N=c2s/c(=C\c3cn(CC(=O)N4CCCC4)c4ccccc34)c(=O)n2[C@H]1c1c(OC)ccc2ccccc12. The van der Waals surface area contributed by atoms with Crippen molar-refractivity contribution < 1.29 is 14.3 Å². The van der Waals surface area contributed by atoms with E-state index in [0.29, 0.717) is 39.4 Å². The molecule has 0 bridgehead atoms. The van der Waals surface area contributed by atoms with Crippen LogP contribution in [0.4, 0.5) is 0 Å². The zero-order chi connectivity index (χ0) is 33.5. The Balaban J connectivity index is 1.43. The summed E-state index contributed by atoms with van der Waals surface area (Å²) in [7, 11) is 1.62. The molecule has 10 heteroatoms. The highest BCUT2D eigenvalue weighted by Crippen LogP contribution is 2.40. The Labute approximate surface area is 282 Å². The summed E-state index contributed by atoms with van der Waals surface area (Å²) in [4.78, 5) is 51.1. The van der Waals surface area contributed by atoms with Gasteiger partial charge in [-0.15, -0.1) is 0 Å². The largest absolute Gasteiger partial charge is 0.496 e. The number of para-hydroxylation sites is 1. The van der Waals surface area contributed by atoms with E-state index in [4.69, 9.17) is 9.73 Å². The third-order valence-electron chi connectivity index (χ3n) is 9.60. The summed E-state index contributed by atoms with van der Waals surface area (Å²) in [6.45, 7) is 8.65. The third kappa shape index (κ3) is 5.34. The van der Waals surface area contributed by atoms with Gasteiger partial charge in [0.2, 0.25) is 5.91 Å². The molecule has 0 saturated carbocycles. The third-order valence-corrected chi connectivity index (χ3v) is 10.6. The molecule has 48 heavy (non-hydrogen) atoms. The Morgan fingerprint density at radius 2 is 1.71 bits per heavy atom. The highest BCUT2D eigenvalue weighted by Gasteiger charge is 2.36. The number of thiazole rings is 1. The number of likely N-dealkylation sites (N-methyl/N-ethyl adjacent to an activating group) is 1. The molecule has 7 rings (SSSR count). The summed E-state index contributed by atoms with van der Waals surface area (Å²) in [6.07, 6.45) is 5.93. The van der Waals surface area contributed by atoms with Crippen LogP contribution in [0.25, 0.3) is 27.8 Å². The molecule has 4 heterocycles. The number of fused-ring (bicyclic) bond motifs is 3. The number of nitrogens with zero attached hydrogens (tertiary/aromatic N) is 5. The second-order valence-electron chi connectivity index (χ2n) is 12.3. The van der Waals surface area contributed by atoms with E-state index in [1.54, 1.807) is 16.6 Å². The maximum Gasteiger partial charge on any atom is 0.271 e. The van der Waals surface area contributed by atoms with Crippen LogP contribution in [-0.4, -0.2) is 64.0 Å². The molecular weight excluding hydrogens is 623 g/mol. The Bertz CT molecular complexity index is 2290. The highest BCUT2D eigenvalue weighted by atomic mass is 32.1. The van der Waals surface area contributed by atoms with E-state index in [9.17, 15) is 14.4 Å². The van der Waals surface area contributed by atoms with E-state index in [2.05, 4.69) is 0 Å². The van der Waals surface area contributed by atoms with E-state index in [-0.39, 0.29) is 23.9 Å². The van der Waals surface area contributed by atoms with Crippen molar-refractivity contribution in [1.29, 1.82) is 0 Å². The van der Waals surface area contributed by atoms with Crippen molar-refractivity contribution in [2.45, 2.75) is 46.2 Å². The van der Waals surface area contributed by atoms with Gasteiger partial charge in [0, 0.05) is 54.4 Å². The number of allylic oxidation sites excluding steroid dienone is 1. The first-order chi connectivity index (χ1) is 23.3. The van der Waals surface area contributed by atoms with Crippen molar-refractivity contribution in [3.8, 4) is 5.75 Å². The Hall–Kier alpha value is -4.96. The lowest BCUT2D eigenvalue weighted by Crippen LogP contribution is -2.43. The van der Waals surface area contributed by atoms with Crippen LogP contribution in [0, 0.1) is 0 Å². The fourth-order valence-electron chi connectivity index (χ4n) is 7.16. The van der Waals surface area contributed by atoms with E-state index < -0.39 is 6.04 Å². The maximum atomic E-state index is 14.6. The van der Waals surface area contributed by atoms with Gasteiger partial charge in [0.25, 0.3) is 11.5 Å². The topological polar surface area (TPSA) is 89.1 Å². The summed E-state index contributed by atoms with van der Waals surface area (Å²) in [5.74, 6) is 0.545. The summed E-state index contributed by atoms with van der Waals surface area (Å²) in [5, 5.41) is 2.84. The smallest absolute Gasteiger partial charge is 0.271 e. The number of likely N-dealkylation sites (tertiary alicyclic amines) is 1. The van der Waals surface area contributed by atoms with Gasteiger partial charge in [0.05, 0.1) is 22.9 Å². The summed E-state index contributed by atoms with van der Waals surface area (Å²) >= 11 is 1.31. The molecule has 0 unspecified atom stereocenters. The molecule has 0 radical (unpaired) electrons. The second kappa shape index (κ2) is 12.9. The van der Waals surface area contributed by atoms with E-state index in [1.165, 1.54) is 11.3 Å². The first kappa shape index (κ1) is 31.6. The molecule has 3 aromatic carbocycles. The van der Waals surface area contributed by atoms with Gasteiger partial charge < -0.3 is 19.1 Å². The average molecular weight is 662 g/mol. The quantitative estimate of drug-likeness (QED) is 0.238. The van der Waals surface area contributed by atoms with Gasteiger partial charge in [-0.25, -0.2) is 4.99 Å². The van der Waals surface area contributed by atoms with Crippen LogP contribution in [0.2, 0.25) is 0 Å². The number of benzene rings is 3. The van der Waals surface area contributed by atoms with E-state index >= 15 is 0 Å². The minimum atomic E-state index is -0.753. The van der Waals surface area contributed by atoms with Crippen LogP contribution in [0.5, 0.6) is 5.75 Å². The number of aromatic nitrogens is 2. The van der Waals surface area contributed by atoms with Crippen LogP contribution in [0.1, 0.15) is 50.8 Å². The lowest BCUT2D eigenvalue weighted by Gasteiger charge is -2.30. The van der Waals surface area contributed by atoms with E-state index in [0.717, 1.165) is 58.7 Å². The molecular formula is C38H39N5O4S. The standard InChI is InChI=1S/C38H39N5O4S/c1-5-40(6-2)37(46)33-24(3)39-38-43(35(33)34-28-15-8-7-13-25(28)17-18-30(34)47-4)36(45)31(48-38)21-26-22-42(29-16-10-9-14-27(26)29)23-32(44)41-19-11-12-20-41/h7-10,13-18,21-22,35H,5-6,11-12,19-20,23H2,1-4H3/b31-21-/t35-/m1/s1. The van der Waals surface area contributed by atoms with Crippen molar-refractivity contribution in [3.63, 3.8) is 0 Å². The molecule has 2 aromatic heterocycles. The molecule has 9 nitrogen and oxygen atoms in total. The van der Waals surface area contributed by atoms with Crippen LogP contribution in [-0.2, 0) is 16.1 Å². The second-order valence-corrected chi connectivity index (χ2v) is 13.3. The van der Waals surface area contributed by atoms with Crippen molar-refractivity contribution in [1.82, 2.24) is 18.9 Å². The molecule has 5 aromatic rings. The zero-order valence-electron chi connectivity index (χ0n) is 27.7. The van der Waals surface area contributed by atoms with Crippen molar-refractivity contribution >= 4 is 50.9 Å². The normalized spacial score (nSPS) is 16.5. The molecule has 246 valence electrons. The van der Waals surface area contributed by atoms with Crippen LogP contribution in [0.3, 0.4) is 0 Å². The molecule has 0 N–H and O–H groups in total. The van der Waals surface area contributed by atoms with Crippen LogP contribution < -0.4 is 19.6 Å². The van der Waals surface area contributed by atoms with Gasteiger partial charge in [-0.3, -0.25) is 19.0 Å². The number of carbonyl (C=O) groups is 2. The van der Waals surface area contributed by atoms with Crippen LogP contribution >= 0.6 is 11.3 Å². The van der Waals surface area contributed by atoms with Gasteiger partial charge in [0.1, 0.15) is 18.3 Å². The number of carbonyl (C=O) groups excluding carboxylic acids is 2. The molecule has 1 atom stereocenters. The minimum absolute atomic E-state index is 0.101. The van der Waals surface area contributed by atoms with Crippen LogP contribution in [0.15, 0.2) is 87.9 Å². The predicted octanol–water partition coefficient (Wildman–Crippen LogP) is 4.84. The minimum Gasteiger partial charge on any atom is -0.496 e. The van der Waals surface area contributed by atoms with Gasteiger partial charge in [-0.05, 0) is 62.6 Å². The molecule has 0 spiro atoms. The fourth-order valence-corrected chi connectivity index (χ4v) is 8.20. The number of hydrogen-bond donors (Lipinski definition) is 0. The monoisotopic (exact) mass is 661 g/mol. The first-order valence-electron chi connectivity index (χ1n) is 16.6. The Morgan fingerprint density at radius 3 is 2.44 bits per heavy atom. The number of hydrogen-bond acceptors (Lipinski definition) is 6. The summed E-state index contributed by atoms with van der Waals surface area (Å²) < 4.78 is 10.1. The molecule has 1 fully saturated rings. The zero-order valence-corrected chi connectivity index (χ0v) is 28.5. The molecule has 2 amide bonds. The van der Waals surface area contributed by atoms with Crippen molar-refractivity contribution in [2.24, 2.45) is 4.99 Å². The van der Waals surface area contributed by atoms with Crippen molar-refractivity contribution in [2.75, 3.05) is 33.3 Å². The number of ether oxygens (including phenoxy) is 1. The summed E-state index contributed by atoms with van der Waals surface area (Å²) in [5.41, 5.74) is 3.34. The Morgan fingerprint density at radius 1 is 1.00 bits per heavy atom. The Kier molecular flexibility index (Phi) is 8.51. The summed E-state index contributed by atoms with van der Waals surface area (Å²) in [6, 6.07) is 19.1. The van der Waals surface area contributed by atoms with Gasteiger partial charge in [0.15, 0.2) is 4.80 Å². The average Bonchev–Trinajstić information content (AvgIpc) is 3.83. The van der Waals surface area contributed by atoms with E-state index in [1.807, 2.05) is 103 Å². The van der Waals surface area contributed by atoms with Gasteiger partial charge in [-0.1, -0.05) is 59.9 Å². The van der Waals surface area contributed by atoms with Gasteiger partial charge >= 0.3 is 0 Å². The van der Waals surface area contributed by atoms with Gasteiger partial charge in [-0.2, -0.15) is 0 Å². The molecule has 2 aliphatic heterocycles. The first-order valence-corrected chi connectivity index (χ1v) is 17.4. The lowest BCUT2D eigenvalue weighted by molar-refractivity contribution is -0.130. The molecule has 2 aliphatic rings. The highest BCUT2D eigenvalue weighted by molar-refractivity contribution is 7.07. The number of amides is 2. The lowest BCUT2D eigenvalue weighted by atomic mass is 9.90. The molecule has 1 saturated heterocycles. The maximum absolute atomic E-state index is 14.6. The molecule has 0 aliphatic carbocycles. The number of methoxy groups -OCH3 is 1. The van der Waals surface area contributed by atoms with Crippen molar-refractivity contribution in [3.05, 3.63) is 109 Å². The predicted molar refractivity (Wildman–Crippen MR) is 190 cm³/mol. The number of rotatable bonds is 8.